The predicted molar refractivity (Wildman–Crippen MR) is 108 cm³/mol. The number of para-hydroxylation sites is 1. The fraction of sp³-hybridized carbons (Fsp3) is 0.150. The van der Waals surface area contributed by atoms with Crippen LogP contribution < -0.4 is 10.1 Å². The van der Waals surface area contributed by atoms with E-state index in [2.05, 4.69) is 10.3 Å². The lowest BCUT2D eigenvalue weighted by molar-refractivity contribution is -0.117. The van der Waals surface area contributed by atoms with E-state index in [-0.39, 0.29) is 11.7 Å². The fourth-order valence-corrected chi connectivity index (χ4v) is 4.01. The van der Waals surface area contributed by atoms with Gasteiger partial charge < -0.3 is 4.74 Å². The maximum atomic E-state index is 12.2. The third kappa shape index (κ3) is 4.96. The number of rotatable bonds is 6. The number of benzene rings is 2. The molecule has 0 fully saturated rings. The van der Waals surface area contributed by atoms with Gasteiger partial charge in [0.25, 0.3) is 5.91 Å². The number of thiazole rings is 1. The molecule has 1 heterocycles. The second-order valence-corrected chi connectivity index (χ2v) is 7.81. The normalized spacial score (nSPS) is 10.4. The highest BCUT2D eigenvalue weighted by Gasteiger charge is 2.15. The number of nitrogens with one attached hydrogen (secondary N) is 1. The number of hydrogen-bond donors (Lipinski definition) is 1. The zero-order valence-corrected chi connectivity index (χ0v) is 16.5. The van der Waals surface area contributed by atoms with Crippen LogP contribution in [0.5, 0.6) is 5.75 Å². The van der Waals surface area contributed by atoms with E-state index < -0.39 is 5.91 Å². The van der Waals surface area contributed by atoms with Crippen LogP contribution >= 0.6 is 23.1 Å². The van der Waals surface area contributed by atoms with Gasteiger partial charge in [-0.2, -0.15) is 0 Å². The molecule has 1 aromatic heterocycles. The Kier molecular flexibility index (Phi) is 6.26. The first-order valence-electron chi connectivity index (χ1n) is 8.19. The van der Waals surface area contributed by atoms with E-state index in [1.807, 2.05) is 36.6 Å². The summed E-state index contributed by atoms with van der Waals surface area (Å²) in [6, 6.07) is 14.9. The molecule has 7 heteroatoms. The summed E-state index contributed by atoms with van der Waals surface area (Å²) >= 11 is 2.79. The molecule has 0 saturated heterocycles. The monoisotopic (exact) mass is 398 g/mol. The summed E-state index contributed by atoms with van der Waals surface area (Å²) < 4.78 is 5.93. The van der Waals surface area contributed by atoms with E-state index in [1.54, 1.807) is 24.3 Å². The van der Waals surface area contributed by atoms with Crippen LogP contribution in [0.3, 0.4) is 0 Å². The smallest absolute Gasteiger partial charge is 0.261 e. The molecule has 0 bridgehead atoms. The highest BCUT2D eigenvalue weighted by atomic mass is 32.2. The van der Waals surface area contributed by atoms with E-state index in [0.29, 0.717) is 11.3 Å². The van der Waals surface area contributed by atoms with Crippen LogP contribution in [-0.4, -0.2) is 29.7 Å². The topological polar surface area (TPSA) is 68.3 Å². The number of amides is 2. The van der Waals surface area contributed by atoms with Gasteiger partial charge in [-0.05, 0) is 19.1 Å². The highest BCUT2D eigenvalue weighted by molar-refractivity contribution is 8.01. The number of methoxy groups -OCH3 is 1. The van der Waals surface area contributed by atoms with Crippen molar-refractivity contribution in [1.29, 1.82) is 0 Å². The molecule has 138 valence electrons. The van der Waals surface area contributed by atoms with Crippen molar-refractivity contribution in [3.8, 4) is 17.0 Å². The third-order valence-electron chi connectivity index (χ3n) is 3.76. The van der Waals surface area contributed by atoms with Crippen LogP contribution in [-0.2, 0) is 4.79 Å². The minimum absolute atomic E-state index is 0.113. The van der Waals surface area contributed by atoms with Crippen molar-refractivity contribution in [3.05, 3.63) is 65.0 Å². The van der Waals surface area contributed by atoms with Gasteiger partial charge in [0.15, 0.2) is 4.34 Å². The zero-order chi connectivity index (χ0) is 19.2. The van der Waals surface area contributed by atoms with Crippen LogP contribution in [0, 0.1) is 6.92 Å². The minimum Gasteiger partial charge on any atom is -0.496 e. The molecule has 0 aliphatic carbocycles. The molecular weight excluding hydrogens is 380 g/mol. The first-order chi connectivity index (χ1) is 13.1. The van der Waals surface area contributed by atoms with E-state index in [1.165, 1.54) is 35.8 Å². The maximum Gasteiger partial charge on any atom is 0.261 e. The average molecular weight is 399 g/mol. The second kappa shape index (κ2) is 8.83. The molecule has 27 heavy (non-hydrogen) atoms. The summed E-state index contributed by atoms with van der Waals surface area (Å²) in [5, 5.41) is 4.35. The molecule has 5 nitrogen and oxygen atoms in total. The van der Waals surface area contributed by atoms with Crippen molar-refractivity contribution in [1.82, 2.24) is 10.3 Å². The van der Waals surface area contributed by atoms with Crippen LogP contribution in [0.15, 0.2) is 58.3 Å². The first-order valence-corrected chi connectivity index (χ1v) is 10.1. The van der Waals surface area contributed by atoms with Gasteiger partial charge in [0.1, 0.15) is 5.75 Å². The number of hydrogen-bond acceptors (Lipinski definition) is 6. The summed E-state index contributed by atoms with van der Waals surface area (Å²) in [6.45, 7) is 2.04. The summed E-state index contributed by atoms with van der Waals surface area (Å²) in [4.78, 5) is 28.9. The second-order valence-electron chi connectivity index (χ2n) is 5.73. The number of ether oxygens (including phenoxy) is 1. The van der Waals surface area contributed by atoms with Crippen LogP contribution in [0.4, 0.5) is 0 Å². The molecule has 3 aromatic rings. The number of aromatic nitrogens is 1. The summed E-state index contributed by atoms with van der Waals surface area (Å²) in [5.41, 5.74) is 3.45. The van der Waals surface area contributed by atoms with E-state index in [4.69, 9.17) is 4.74 Å². The van der Waals surface area contributed by atoms with Crippen molar-refractivity contribution in [2.75, 3.05) is 12.9 Å². The molecule has 0 unspecified atom stereocenters. The Labute approximate surface area is 165 Å². The van der Waals surface area contributed by atoms with Crippen molar-refractivity contribution >= 4 is 34.9 Å². The predicted octanol–water partition coefficient (Wildman–Crippen LogP) is 4.18. The maximum absolute atomic E-state index is 12.2. The zero-order valence-electron chi connectivity index (χ0n) is 14.9. The summed E-state index contributed by atoms with van der Waals surface area (Å²) in [6.07, 6.45) is 0. The number of imide groups is 1. The lowest BCUT2D eigenvalue weighted by Gasteiger charge is -2.07. The Hall–Kier alpha value is -2.64. The van der Waals surface area contributed by atoms with Gasteiger partial charge in [-0.25, -0.2) is 4.98 Å². The van der Waals surface area contributed by atoms with Gasteiger partial charge >= 0.3 is 0 Å². The number of carbonyl (C=O) groups is 2. The average Bonchev–Trinajstić information content (AvgIpc) is 3.16. The molecule has 0 aliphatic heterocycles. The van der Waals surface area contributed by atoms with Crippen LogP contribution in [0.25, 0.3) is 11.3 Å². The molecule has 0 spiro atoms. The molecule has 0 aliphatic rings. The van der Waals surface area contributed by atoms with Crippen molar-refractivity contribution < 1.29 is 14.3 Å². The van der Waals surface area contributed by atoms with Crippen molar-refractivity contribution in [2.24, 2.45) is 0 Å². The van der Waals surface area contributed by atoms with Gasteiger partial charge in [-0.3, -0.25) is 14.9 Å². The molecule has 2 aromatic carbocycles. The van der Waals surface area contributed by atoms with Crippen molar-refractivity contribution in [2.45, 2.75) is 11.3 Å². The van der Waals surface area contributed by atoms with Gasteiger partial charge in [0, 0.05) is 10.9 Å². The van der Waals surface area contributed by atoms with Gasteiger partial charge in [0.2, 0.25) is 5.91 Å². The van der Waals surface area contributed by atoms with E-state index in [9.17, 15) is 9.59 Å². The SMILES string of the molecule is COc1ccccc1C(=O)NC(=O)CSc1nc(-c2ccc(C)cc2)cs1. The van der Waals surface area contributed by atoms with E-state index >= 15 is 0 Å². The van der Waals surface area contributed by atoms with Gasteiger partial charge in [0.05, 0.1) is 24.1 Å². The lowest BCUT2D eigenvalue weighted by Crippen LogP contribution is -2.32. The fourth-order valence-electron chi connectivity index (χ4n) is 2.37. The molecule has 0 atom stereocenters. The molecule has 2 amide bonds. The highest BCUT2D eigenvalue weighted by Crippen LogP contribution is 2.28. The summed E-state index contributed by atoms with van der Waals surface area (Å²) in [7, 11) is 1.48. The standard InChI is InChI=1S/C20H18N2O3S2/c1-13-7-9-14(10-8-13)16-11-26-20(21-16)27-12-18(23)22-19(24)15-5-3-4-6-17(15)25-2/h3-11H,12H2,1-2H3,(H,22,23,24). The Morgan fingerprint density at radius 2 is 1.89 bits per heavy atom. The Morgan fingerprint density at radius 1 is 1.15 bits per heavy atom. The molecule has 1 N–H and O–H groups in total. The molecule has 3 rings (SSSR count). The van der Waals surface area contributed by atoms with Crippen LogP contribution in [0.2, 0.25) is 0 Å². The van der Waals surface area contributed by atoms with Crippen LogP contribution in [0.1, 0.15) is 15.9 Å². The third-order valence-corrected chi connectivity index (χ3v) is 5.78. The number of thioether (sulfide) groups is 1. The number of nitrogens with zero attached hydrogens (tertiary/aromatic N) is 1. The summed E-state index contributed by atoms with van der Waals surface area (Å²) in [5.74, 6) is -0.305. The Balaban J connectivity index is 1.56. The first kappa shape index (κ1) is 19.1. The molecule has 0 saturated carbocycles. The number of carbonyl (C=O) groups excluding carboxylic acids is 2. The van der Waals surface area contributed by atoms with Gasteiger partial charge in [-0.1, -0.05) is 53.7 Å². The van der Waals surface area contributed by atoms with E-state index in [0.717, 1.165) is 15.6 Å². The quantitative estimate of drug-likeness (QED) is 0.631. The lowest BCUT2D eigenvalue weighted by atomic mass is 10.1. The Morgan fingerprint density at radius 3 is 2.63 bits per heavy atom. The molecule has 0 radical (unpaired) electrons. The minimum atomic E-state index is -0.475. The van der Waals surface area contributed by atoms with Gasteiger partial charge in [-0.15, -0.1) is 11.3 Å². The van der Waals surface area contributed by atoms with Crippen molar-refractivity contribution in [3.63, 3.8) is 0 Å². The number of aryl methyl sites for hydroxylation is 1. The largest absolute Gasteiger partial charge is 0.496 e. The Bertz CT molecular complexity index is 952. The molecular formula is C20H18N2O3S2.